The summed E-state index contributed by atoms with van der Waals surface area (Å²) in [6.07, 6.45) is 2.89. The summed E-state index contributed by atoms with van der Waals surface area (Å²) in [6, 6.07) is 8.45. The third-order valence-corrected chi connectivity index (χ3v) is 3.33. The minimum absolute atomic E-state index is 0.165. The quantitative estimate of drug-likeness (QED) is 0.576. The zero-order valence-electron chi connectivity index (χ0n) is 10.5. The van der Waals surface area contributed by atoms with Crippen molar-refractivity contribution in [1.29, 1.82) is 0 Å². The predicted molar refractivity (Wildman–Crippen MR) is 67.8 cm³/mol. The molecule has 90 valence electrons. The van der Waals surface area contributed by atoms with Crippen LogP contribution in [0.2, 0.25) is 0 Å². The van der Waals surface area contributed by atoms with Crippen molar-refractivity contribution in [3.63, 3.8) is 0 Å². The van der Waals surface area contributed by atoms with Crippen molar-refractivity contribution in [2.75, 3.05) is 6.61 Å². The van der Waals surface area contributed by atoms with E-state index in [0.29, 0.717) is 6.61 Å². The summed E-state index contributed by atoms with van der Waals surface area (Å²) >= 11 is 0. The molecule has 0 heterocycles. The van der Waals surface area contributed by atoms with Gasteiger partial charge in [-0.05, 0) is 44.2 Å². The minimum Gasteiger partial charge on any atom is -0.463 e. The highest BCUT2D eigenvalue weighted by atomic mass is 16.5. The molecular formula is C15H18O2. The van der Waals surface area contributed by atoms with Crippen molar-refractivity contribution in [2.24, 2.45) is 0 Å². The number of rotatable bonds is 2. The lowest BCUT2D eigenvalue weighted by atomic mass is 9.86. The fourth-order valence-electron chi connectivity index (χ4n) is 2.28. The minimum atomic E-state index is -0.165. The van der Waals surface area contributed by atoms with Crippen LogP contribution in [0.15, 0.2) is 35.4 Å². The molecule has 1 aromatic rings. The summed E-state index contributed by atoms with van der Waals surface area (Å²) in [7, 11) is 0. The Bertz CT molecular complexity index is 458. The van der Waals surface area contributed by atoms with Gasteiger partial charge in [0.05, 0.1) is 6.61 Å². The smallest absolute Gasteiger partial charge is 0.333 e. The normalized spacial score (nSPS) is 17.3. The first-order valence-electron chi connectivity index (χ1n) is 6.15. The number of benzene rings is 1. The van der Waals surface area contributed by atoms with Crippen LogP contribution in [0.25, 0.3) is 0 Å². The summed E-state index contributed by atoms with van der Waals surface area (Å²) in [5.74, 6) is -0.165. The lowest BCUT2D eigenvalue weighted by molar-refractivity contribution is -0.138. The molecule has 0 aromatic heterocycles. The Kier molecular flexibility index (Phi) is 3.62. The van der Waals surface area contributed by atoms with Crippen LogP contribution in [0.3, 0.4) is 0 Å². The molecule has 2 heteroatoms. The van der Waals surface area contributed by atoms with Crippen LogP contribution in [0.5, 0.6) is 0 Å². The van der Waals surface area contributed by atoms with Crippen LogP contribution in [-0.2, 0) is 22.4 Å². The van der Waals surface area contributed by atoms with Crippen LogP contribution in [0.1, 0.15) is 31.4 Å². The van der Waals surface area contributed by atoms with Crippen molar-refractivity contribution in [3.05, 3.63) is 46.5 Å². The predicted octanol–water partition coefficient (Wildman–Crippen LogP) is 3.05. The first-order valence-corrected chi connectivity index (χ1v) is 6.15. The van der Waals surface area contributed by atoms with Crippen LogP contribution >= 0.6 is 0 Å². The Morgan fingerprint density at radius 3 is 2.65 bits per heavy atom. The van der Waals surface area contributed by atoms with Crippen molar-refractivity contribution in [2.45, 2.75) is 33.1 Å². The molecule has 1 aliphatic carbocycles. The topological polar surface area (TPSA) is 26.3 Å². The molecule has 1 aliphatic rings. The van der Waals surface area contributed by atoms with E-state index in [1.54, 1.807) is 0 Å². The SMILES string of the molecule is CCOC(=O)/C(C)=C1/CCc2ccccc2C1. The second-order valence-electron chi connectivity index (χ2n) is 4.39. The van der Waals surface area contributed by atoms with Crippen molar-refractivity contribution in [1.82, 2.24) is 0 Å². The van der Waals surface area contributed by atoms with Gasteiger partial charge in [-0.25, -0.2) is 4.79 Å². The highest BCUT2D eigenvalue weighted by Crippen LogP contribution is 2.27. The number of allylic oxidation sites excluding steroid dienone is 1. The molecule has 0 bridgehead atoms. The fraction of sp³-hybridized carbons (Fsp3) is 0.400. The number of ether oxygens (including phenoxy) is 1. The molecule has 0 aliphatic heterocycles. The molecule has 1 aromatic carbocycles. The molecule has 0 radical (unpaired) electrons. The van der Waals surface area contributed by atoms with Gasteiger partial charge < -0.3 is 4.74 Å². The summed E-state index contributed by atoms with van der Waals surface area (Å²) in [5.41, 5.74) is 4.77. The van der Waals surface area contributed by atoms with Crippen LogP contribution in [0, 0.1) is 0 Å². The third-order valence-electron chi connectivity index (χ3n) is 3.33. The molecule has 17 heavy (non-hydrogen) atoms. The number of carbonyl (C=O) groups excluding carboxylic acids is 1. The van der Waals surface area contributed by atoms with Gasteiger partial charge in [-0.2, -0.15) is 0 Å². The Hall–Kier alpha value is -1.57. The molecule has 0 spiro atoms. The van der Waals surface area contributed by atoms with Gasteiger partial charge in [0.2, 0.25) is 0 Å². The molecule has 0 saturated carbocycles. The van der Waals surface area contributed by atoms with E-state index in [4.69, 9.17) is 4.74 Å². The standard InChI is InChI=1S/C15H18O2/c1-3-17-15(16)11(2)13-9-8-12-6-4-5-7-14(12)10-13/h4-7H,3,8-10H2,1-2H3/b13-11-. The Labute approximate surface area is 102 Å². The number of hydrogen-bond acceptors (Lipinski definition) is 2. The van der Waals surface area contributed by atoms with Crippen molar-refractivity contribution >= 4 is 5.97 Å². The van der Waals surface area contributed by atoms with Crippen LogP contribution in [0.4, 0.5) is 0 Å². The van der Waals surface area contributed by atoms with E-state index in [2.05, 4.69) is 24.3 Å². The summed E-state index contributed by atoms with van der Waals surface area (Å²) in [5, 5.41) is 0. The molecule has 2 nitrogen and oxygen atoms in total. The summed E-state index contributed by atoms with van der Waals surface area (Å²) < 4.78 is 5.05. The molecule has 0 fully saturated rings. The molecule has 2 rings (SSSR count). The number of fused-ring (bicyclic) bond motifs is 1. The molecule has 0 amide bonds. The van der Waals surface area contributed by atoms with Gasteiger partial charge in [0.25, 0.3) is 0 Å². The van der Waals surface area contributed by atoms with E-state index in [-0.39, 0.29) is 5.97 Å². The highest BCUT2D eigenvalue weighted by molar-refractivity contribution is 5.88. The summed E-state index contributed by atoms with van der Waals surface area (Å²) in [4.78, 5) is 11.7. The van der Waals surface area contributed by atoms with Crippen LogP contribution < -0.4 is 0 Å². The van der Waals surface area contributed by atoms with Gasteiger partial charge in [0.15, 0.2) is 0 Å². The number of aryl methyl sites for hydroxylation is 1. The Balaban J connectivity index is 2.22. The van der Waals surface area contributed by atoms with E-state index >= 15 is 0 Å². The number of hydrogen-bond donors (Lipinski definition) is 0. The second kappa shape index (κ2) is 5.17. The van der Waals surface area contributed by atoms with E-state index in [0.717, 1.165) is 24.8 Å². The molecule has 0 saturated heterocycles. The van der Waals surface area contributed by atoms with E-state index < -0.39 is 0 Å². The average Bonchev–Trinajstić information content (AvgIpc) is 2.37. The van der Waals surface area contributed by atoms with E-state index in [1.165, 1.54) is 16.7 Å². The molecule has 0 atom stereocenters. The monoisotopic (exact) mass is 230 g/mol. The first kappa shape index (κ1) is 11.9. The van der Waals surface area contributed by atoms with Crippen LogP contribution in [-0.4, -0.2) is 12.6 Å². The van der Waals surface area contributed by atoms with Gasteiger partial charge in [-0.1, -0.05) is 29.8 Å². The Morgan fingerprint density at radius 2 is 1.94 bits per heavy atom. The van der Waals surface area contributed by atoms with Crippen molar-refractivity contribution in [3.8, 4) is 0 Å². The maximum absolute atomic E-state index is 11.7. The number of carbonyl (C=O) groups is 1. The summed E-state index contributed by atoms with van der Waals surface area (Å²) in [6.45, 7) is 4.16. The van der Waals surface area contributed by atoms with Gasteiger partial charge in [-0.15, -0.1) is 0 Å². The second-order valence-corrected chi connectivity index (χ2v) is 4.39. The average molecular weight is 230 g/mol. The van der Waals surface area contributed by atoms with Gasteiger partial charge in [0, 0.05) is 5.57 Å². The van der Waals surface area contributed by atoms with E-state index in [1.807, 2.05) is 13.8 Å². The van der Waals surface area contributed by atoms with E-state index in [9.17, 15) is 4.79 Å². The highest BCUT2D eigenvalue weighted by Gasteiger charge is 2.17. The molecule has 0 N–H and O–H groups in total. The Morgan fingerprint density at radius 1 is 1.24 bits per heavy atom. The largest absolute Gasteiger partial charge is 0.463 e. The fourth-order valence-corrected chi connectivity index (χ4v) is 2.28. The zero-order chi connectivity index (χ0) is 12.3. The molecular weight excluding hydrogens is 212 g/mol. The number of esters is 1. The first-order chi connectivity index (χ1) is 8.22. The van der Waals surface area contributed by atoms with Crippen molar-refractivity contribution < 1.29 is 9.53 Å². The zero-order valence-corrected chi connectivity index (χ0v) is 10.5. The maximum atomic E-state index is 11.7. The van der Waals surface area contributed by atoms with Gasteiger partial charge >= 0.3 is 5.97 Å². The third kappa shape index (κ3) is 2.57. The lowest BCUT2D eigenvalue weighted by Crippen LogP contribution is -2.13. The van der Waals surface area contributed by atoms with Gasteiger partial charge in [-0.3, -0.25) is 0 Å². The lowest BCUT2D eigenvalue weighted by Gasteiger charge is -2.20. The maximum Gasteiger partial charge on any atom is 0.333 e. The van der Waals surface area contributed by atoms with Gasteiger partial charge in [0.1, 0.15) is 0 Å². The molecule has 0 unspecified atom stereocenters.